The summed E-state index contributed by atoms with van der Waals surface area (Å²) >= 11 is 3.36. The normalized spacial score (nSPS) is 12.0. The van der Waals surface area contributed by atoms with Crippen LogP contribution in [-0.2, 0) is 26.2 Å². The Bertz CT molecular complexity index is 1220. The first-order valence-electron chi connectivity index (χ1n) is 10.6. The third-order valence-corrected chi connectivity index (χ3v) is 7.65. The molecule has 0 aromatic heterocycles. The van der Waals surface area contributed by atoms with Crippen LogP contribution in [0.3, 0.4) is 0 Å². The molecule has 1 N–H and O–H groups in total. The van der Waals surface area contributed by atoms with Crippen molar-refractivity contribution in [1.82, 2.24) is 10.2 Å². The topological polar surface area (TPSA) is 86.8 Å². The molecule has 0 aliphatic rings. The van der Waals surface area contributed by atoms with Gasteiger partial charge in [0.05, 0.1) is 10.6 Å². The van der Waals surface area contributed by atoms with Crippen LogP contribution < -0.4 is 9.62 Å². The second-order valence-electron chi connectivity index (χ2n) is 7.60. The number of likely N-dealkylation sites (N-methyl/N-ethyl adjacent to an activating group) is 1. The van der Waals surface area contributed by atoms with Crippen molar-refractivity contribution < 1.29 is 18.0 Å². The zero-order valence-corrected chi connectivity index (χ0v) is 21.3. The second kappa shape index (κ2) is 11.3. The average Bonchev–Trinajstić information content (AvgIpc) is 2.86. The van der Waals surface area contributed by atoms with Gasteiger partial charge in [0.1, 0.15) is 12.6 Å². The van der Waals surface area contributed by atoms with Crippen molar-refractivity contribution in [2.75, 3.05) is 17.9 Å². The van der Waals surface area contributed by atoms with Crippen molar-refractivity contribution in [1.29, 1.82) is 0 Å². The highest BCUT2D eigenvalue weighted by Crippen LogP contribution is 2.26. The number of amides is 2. The fourth-order valence-corrected chi connectivity index (χ4v) is 5.13. The molecule has 0 aliphatic carbocycles. The maximum atomic E-state index is 13.6. The molecule has 0 aliphatic heterocycles. The minimum absolute atomic E-state index is 0.0691. The first-order valence-corrected chi connectivity index (χ1v) is 12.9. The highest BCUT2D eigenvalue weighted by molar-refractivity contribution is 9.10. The lowest BCUT2D eigenvalue weighted by Gasteiger charge is -2.31. The summed E-state index contributed by atoms with van der Waals surface area (Å²) < 4.78 is 29.0. The number of sulfonamides is 1. The van der Waals surface area contributed by atoms with Gasteiger partial charge in [-0.05, 0) is 48.9 Å². The maximum Gasteiger partial charge on any atom is 0.264 e. The lowest BCUT2D eigenvalue weighted by atomic mass is 10.1. The summed E-state index contributed by atoms with van der Waals surface area (Å²) in [7, 11) is -2.55. The number of halogens is 1. The van der Waals surface area contributed by atoms with E-state index in [2.05, 4.69) is 21.2 Å². The quantitative estimate of drug-likeness (QED) is 0.444. The van der Waals surface area contributed by atoms with Gasteiger partial charge >= 0.3 is 0 Å². The van der Waals surface area contributed by atoms with E-state index in [1.54, 1.807) is 49.4 Å². The molecule has 0 heterocycles. The Morgan fingerprint density at radius 2 is 1.47 bits per heavy atom. The Kier molecular flexibility index (Phi) is 8.46. The number of anilines is 1. The van der Waals surface area contributed by atoms with Crippen LogP contribution in [0.1, 0.15) is 12.5 Å². The molecule has 0 radical (unpaired) electrons. The number of nitrogens with zero attached hydrogens (tertiary/aromatic N) is 2. The minimum Gasteiger partial charge on any atom is -0.357 e. The highest BCUT2D eigenvalue weighted by atomic mass is 79.9. The Morgan fingerprint density at radius 3 is 2.03 bits per heavy atom. The molecule has 7 nitrogen and oxygen atoms in total. The molecule has 3 aromatic rings. The van der Waals surface area contributed by atoms with Gasteiger partial charge in [0.2, 0.25) is 11.8 Å². The Morgan fingerprint density at radius 1 is 0.912 bits per heavy atom. The molecule has 9 heteroatoms. The van der Waals surface area contributed by atoms with E-state index >= 15 is 0 Å². The van der Waals surface area contributed by atoms with E-state index in [0.29, 0.717) is 5.69 Å². The van der Waals surface area contributed by atoms with Crippen LogP contribution >= 0.6 is 15.9 Å². The molecule has 0 unspecified atom stereocenters. The third-order valence-electron chi connectivity index (χ3n) is 5.33. The van der Waals surface area contributed by atoms with E-state index in [4.69, 9.17) is 0 Å². The molecule has 178 valence electrons. The van der Waals surface area contributed by atoms with Crippen LogP contribution in [-0.4, -0.2) is 44.8 Å². The van der Waals surface area contributed by atoms with E-state index < -0.39 is 28.5 Å². The van der Waals surface area contributed by atoms with Crippen molar-refractivity contribution in [3.8, 4) is 0 Å². The number of hydrogen-bond donors (Lipinski definition) is 1. The van der Waals surface area contributed by atoms with Crippen molar-refractivity contribution >= 4 is 43.5 Å². The van der Waals surface area contributed by atoms with Crippen LogP contribution in [0, 0.1) is 0 Å². The number of rotatable bonds is 9. The molecule has 3 aromatic carbocycles. The first kappa shape index (κ1) is 25.5. The van der Waals surface area contributed by atoms with Gasteiger partial charge in [-0.1, -0.05) is 64.5 Å². The van der Waals surface area contributed by atoms with Gasteiger partial charge in [-0.15, -0.1) is 0 Å². The number of nitrogens with one attached hydrogen (secondary N) is 1. The fourth-order valence-electron chi connectivity index (χ4n) is 3.43. The average molecular weight is 544 g/mol. The molecule has 0 saturated carbocycles. The molecule has 2 amide bonds. The number of carbonyl (C=O) groups is 2. The molecule has 0 spiro atoms. The summed E-state index contributed by atoms with van der Waals surface area (Å²) in [5, 5.41) is 2.56. The van der Waals surface area contributed by atoms with Gasteiger partial charge in [-0.2, -0.15) is 0 Å². The zero-order chi connectivity index (χ0) is 24.7. The molecule has 3 rings (SSSR count). The summed E-state index contributed by atoms with van der Waals surface area (Å²) in [4.78, 5) is 27.4. The van der Waals surface area contributed by atoms with Crippen LogP contribution in [0.5, 0.6) is 0 Å². The van der Waals surface area contributed by atoms with Crippen molar-refractivity contribution in [2.45, 2.75) is 24.4 Å². The van der Waals surface area contributed by atoms with Gasteiger partial charge in [0.15, 0.2) is 0 Å². The van der Waals surface area contributed by atoms with Gasteiger partial charge in [-0.25, -0.2) is 8.42 Å². The van der Waals surface area contributed by atoms with Gasteiger partial charge in [0.25, 0.3) is 10.0 Å². The second-order valence-corrected chi connectivity index (χ2v) is 10.4. The van der Waals surface area contributed by atoms with Crippen LogP contribution in [0.4, 0.5) is 5.69 Å². The smallest absolute Gasteiger partial charge is 0.264 e. The number of carbonyl (C=O) groups excluding carboxylic acids is 2. The lowest BCUT2D eigenvalue weighted by Crippen LogP contribution is -2.50. The van der Waals surface area contributed by atoms with Crippen LogP contribution in [0.25, 0.3) is 0 Å². The van der Waals surface area contributed by atoms with Gasteiger partial charge in [0, 0.05) is 18.1 Å². The Hall–Kier alpha value is -3.17. The molecule has 34 heavy (non-hydrogen) atoms. The summed E-state index contributed by atoms with van der Waals surface area (Å²) in [6.45, 7) is 1.32. The maximum absolute atomic E-state index is 13.6. The summed E-state index contributed by atoms with van der Waals surface area (Å²) in [6.07, 6.45) is 0. The predicted octanol–water partition coefficient (Wildman–Crippen LogP) is 3.81. The third kappa shape index (κ3) is 6.03. The number of hydrogen-bond acceptors (Lipinski definition) is 4. The van der Waals surface area contributed by atoms with Crippen molar-refractivity contribution in [3.05, 3.63) is 95.0 Å². The fraction of sp³-hybridized carbons (Fsp3) is 0.200. The zero-order valence-electron chi connectivity index (χ0n) is 18.9. The van der Waals surface area contributed by atoms with Gasteiger partial charge < -0.3 is 10.2 Å². The standard InChI is InChI=1S/C25H26BrN3O4S/c1-19(25(31)27-2)28(17-20-9-5-3-6-10-20)24(30)18-29(22-15-13-21(26)14-16-22)34(32,33)23-11-7-4-8-12-23/h3-16,19H,17-18H2,1-2H3,(H,27,31)/t19-/m0/s1. The van der Waals surface area contributed by atoms with Crippen LogP contribution in [0.2, 0.25) is 0 Å². The van der Waals surface area contributed by atoms with E-state index in [0.717, 1.165) is 14.3 Å². The number of benzene rings is 3. The Labute approximate surface area is 208 Å². The minimum atomic E-state index is -4.05. The molecule has 0 saturated heterocycles. The van der Waals surface area contributed by atoms with E-state index in [9.17, 15) is 18.0 Å². The molecular weight excluding hydrogens is 518 g/mol. The van der Waals surface area contributed by atoms with E-state index in [-0.39, 0.29) is 17.3 Å². The SMILES string of the molecule is CNC(=O)[C@H](C)N(Cc1ccccc1)C(=O)CN(c1ccc(Br)cc1)S(=O)(=O)c1ccccc1. The molecule has 0 fully saturated rings. The summed E-state index contributed by atoms with van der Waals surface area (Å²) in [5.41, 5.74) is 1.17. The molecule has 0 bridgehead atoms. The van der Waals surface area contributed by atoms with E-state index in [1.165, 1.54) is 24.1 Å². The lowest BCUT2D eigenvalue weighted by molar-refractivity contribution is -0.139. The molecule has 1 atom stereocenters. The monoisotopic (exact) mass is 543 g/mol. The highest BCUT2D eigenvalue weighted by Gasteiger charge is 2.32. The summed E-state index contributed by atoms with van der Waals surface area (Å²) in [5.74, 6) is -0.840. The first-order chi connectivity index (χ1) is 16.2. The predicted molar refractivity (Wildman–Crippen MR) is 136 cm³/mol. The Balaban J connectivity index is 2.00. The molecular formula is C25H26BrN3O4S. The largest absolute Gasteiger partial charge is 0.357 e. The van der Waals surface area contributed by atoms with Gasteiger partial charge in [-0.3, -0.25) is 13.9 Å². The van der Waals surface area contributed by atoms with Crippen LogP contribution in [0.15, 0.2) is 94.3 Å². The van der Waals surface area contributed by atoms with Crippen molar-refractivity contribution in [2.24, 2.45) is 0 Å². The van der Waals surface area contributed by atoms with Crippen molar-refractivity contribution in [3.63, 3.8) is 0 Å². The van der Waals surface area contributed by atoms with E-state index in [1.807, 2.05) is 30.3 Å². The summed E-state index contributed by atoms with van der Waals surface area (Å²) in [6, 6.07) is 23.1.